The van der Waals surface area contributed by atoms with Crippen molar-refractivity contribution in [2.75, 3.05) is 6.54 Å². The van der Waals surface area contributed by atoms with E-state index in [9.17, 15) is 14.4 Å². The third-order valence-corrected chi connectivity index (χ3v) is 3.71. The third-order valence-electron chi connectivity index (χ3n) is 3.71. The second kappa shape index (κ2) is 5.03. The summed E-state index contributed by atoms with van der Waals surface area (Å²) in [4.78, 5) is 34.3. The highest BCUT2D eigenvalue weighted by atomic mass is 16.2. The number of hydrogen-bond acceptors (Lipinski definition) is 5. The molecule has 0 bridgehead atoms. The summed E-state index contributed by atoms with van der Waals surface area (Å²) < 4.78 is 1.48. The van der Waals surface area contributed by atoms with Gasteiger partial charge in [0.2, 0.25) is 11.8 Å². The van der Waals surface area contributed by atoms with Crippen LogP contribution in [0.4, 0.5) is 0 Å². The Bertz CT molecular complexity index is 567. The number of carbonyl (C=O) groups is 3. The lowest BCUT2D eigenvalue weighted by molar-refractivity contribution is -0.136. The van der Waals surface area contributed by atoms with Crippen LogP contribution in [0.3, 0.4) is 0 Å². The summed E-state index contributed by atoms with van der Waals surface area (Å²) in [5.74, 6) is -0.631. The van der Waals surface area contributed by atoms with Gasteiger partial charge in [-0.25, -0.2) is 4.68 Å². The maximum atomic E-state index is 11.7. The Balaban J connectivity index is 1.68. The molecule has 1 aromatic heterocycles. The van der Waals surface area contributed by atoms with E-state index in [0.29, 0.717) is 31.5 Å². The standard InChI is InChI=1S/C12H15N5O3/c18-10-2-1-9(12(20)14-10)17-6-8(15-16-17)5-7-3-4-13-11(7)19/h6-7,9H,1-5H2,(H,13,19)(H,14,18,20). The summed E-state index contributed by atoms with van der Waals surface area (Å²) in [6.45, 7) is 0.699. The molecule has 0 aliphatic carbocycles. The first-order valence-electron chi connectivity index (χ1n) is 6.65. The molecular formula is C12H15N5O3. The number of piperidine rings is 1. The Morgan fingerprint density at radius 1 is 1.25 bits per heavy atom. The van der Waals surface area contributed by atoms with Gasteiger partial charge < -0.3 is 5.32 Å². The van der Waals surface area contributed by atoms with Crippen LogP contribution in [0.25, 0.3) is 0 Å². The van der Waals surface area contributed by atoms with Crippen LogP contribution in [0.2, 0.25) is 0 Å². The van der Waals surface area contributed by atoms with Crippen molar-refractivity contribution in [3.63, 3.8) is 0 Å². The Kier molecular flexibility index (Phi) is 3.21. The molecule has 3 rings (SSSR count). The molecule has 0 spiro atoms. The molecule has 0 saturated carbocycles. The fourth-order valence-electron chi connectivity index (χ4n) is 2.59. The van der Waals surface area contributed by atoms with Crippen molar-refractivity contribution in [3.05, 3.63) is 11.9 Å². The van der Waals surface area contributed by atoms with Crippen LogP contribution in [-0.2, 0) is 20.8 Å². The summed E-state index contributed by atoms with van der Waals surface area (Å²) in [6.07, 6.45) is 3.74. The number of hydrogen-bond donors (Lipinski definition) is 2. The molecule has 20 heavy (non-hydrogen) atoms. The number of nitrogens with zero attached hydrogens (tertiary/aromatic N) is 3. The van der Waals surface area contributed by atoms with Gasteiger partial charge in [0, 0.05) is 31.5 Å². The SMILES string of the molecule is O=C1CCC(n2cc(CC3CCNC3=O)nn2)C(=O)N1. The van der Waals surface area contributed by atoms with Crippen LogP contribution >= 0.6 is 0 Å². The van der Waals surface area contributed by atoms with Crippen LogP contribution in [0.15, 0.2) is 6.20 Å². The number of aromatic nitrogens is 3. The number of carbonyl (C=O) groups excluding carboxylic acids is 3. The van der Waals surface area contributed by atoms with Gasteiger partial charge in [-0.05, 0) is 12.8 Å². The lowest BCUT2D eigenvalue weighted by Crippen LogP contribution is -2.41. The highest BCUT2D eigenvalue weighted by molar-refractivity contribution is 5.99. The first-order valence-corrected chi connectivity index (χ1v) is 6.65. The van der Waals surface area contributed by atoms with E-state index in [2.05, 4.69) is 20.9 Å². The van der Waals surface area contributed by atoms with Crippen molar-refractivity contribution in [1.82, 2.24) is 25.6 Å². The van der Waals surface area contributed by atoms with E-state index in [1.165, 1.54) is 4.68 Å². The molecule has 8 nitrogen and oxygen atoms in total. The predicted octanol–water partition coefficient (Wildman–Crippen LogP) is -1.07. The normalized spacial score (nSPS) is 26.5. The van der Waals surface area contributed by atoms with Crippen molar-refractivity contribution in [1.29, 1.82) is 0 Å². The molecular weight excluding hydrogens is 262 g/mol. The van der Waals surface area contributed by atoms with Gasteiger partial charge in [0.1, 0.15) is 6.04 Å². The number of amides is 3. The number of nitrogens with one attached hydrogen (secondary N) is 2. The minimum Gasteiger partial charge on any atom is -0.356 e. The number of rotatable bonds is 3. The number of imide groups is 1. The summed E-state index contributed by atoms with van der Waals surface area (Å²) in [5.41, 5.74) is 0.691. The Morgan fingerprint density at radius 2 is 2.10 bits per heavy atom. The lowest BCUT2D eigenvalue weighted by Gasteiger charge is -2.20. The fourth-order valence-corrected chi connectivity index (χ4v) is 2.59. The molecule has 2 saturated heterocycles. The molecule has 1 aromatic rings. The van der Waals surface area contributed by atoms with E-state index in [0.717, 1.165) is 6.42 Å². The topological polar surface area (TPSA) is 106 Å². The molecule has 2 unspecified atom stereocenters. The van der Waals surface area contributed by atoms with Gasteiger partial charge in [-0.2, -0.15) is 0 Å². The van der Waals surface area contributed by atoms with Crippen molar-refractivity contribution in [2.45, 2.75) is 31.7 Å². The third kappa shape index (κ3) is 2.40. The molecule has 0 aromatic carbocycles. The molecule has 2 N–H and O–H groups in total. The summed E-state index contributed by atoms with van der Waals surface area (Å²) in [6, 6.07) is -0.494. The zero-order chi connectivity index (χ0) is 14.1. The van der Waals surface area contributed by atoms with Crippen LogP contribution in [-0.4, -0.2) is 39.3 Å². The van der Waals surface area contributed by atoms with Crippen LogP contribution in [0.5, 0.6) is 0 Å². The van der Waals surface area contributed by atoms with Crippen molar-refractivity contribution >= 4 is 17.7 Å². The maximum absolute atomic E-state index is 11.7. The average molecular weight is 277 g/mol. The Hall–Kier alpha value is -2.25. The summed E-state index contributed by atoms with van der Waals surface area (Å²) in [5, 5.41) is 13.0. The van der Waals surface area contributed by atoms with E-state index in [4.69, 9.17) is 0 Å². The first-order chi connectivity index (χ1) is 9.63. The molecule has 8 heteroatoms. The second-order valence-electron chi connectivity index (χ2n) is 5.14. The van der Waals surface area contributed by atoms with Crippen molar-refractivity contribution in [2.24, 2.45) is 5.92 Å². The minimum atomic E-state index is -0.494. The van der Waals surface area contributed by atoms with Gasteiger partial charge in [-0.3, -0.25) is 19.7 Å². The highest BCUT2D eigenvalue weighted by Crippen LogP contribution is 2.19. The van der Waals surface area contributed by atoms with Crippen LogP contribution in [0, 0.1) is 5.92 Å². The first kappa shape index (κ1) is 12.8. The highest BCUT2D eigenvalue weighted by Gasteiger charge is 2.30. The van der Waals surface area contributed by atoms with Gasteiger partial charge in [0.25, 0.3) is 5.91 Å². The Labute approximate surface area is 114 Å². The largest absolute Gasteiger partial charge is 0.356 e. The van der Waals surface area contributed by atoms with Gasteiger partial charge in [-0.15, -0.1) is 5.10 Å². The van der Waals surface area contributed by atoms with Crippen molar-refractivity contribution < 1.29 is 14.4 Å². The van der Waals surface area contributed by atoms with E-state index >= 15 is 0 Å². The Morgan fingerprint density at radius 3 is 2.80 bits per heavy atom. The van der Waals surface area contributed by atoms with E-state index in [1.54, 1.807) is 6.20 Å². The molecule has 2 aliphatic rings. The van der Waals surface area contributed by atoms with Crippen LogP contribution in [0.1, 0.15) is 31.0 Å². The molecule has 0 radical (unpaired) electrons. The van der Waals surface area contributed by atoms with E-state index in [1.807, 2.05) is 0 Å². The maximum Gasteiger partial charge on any atom is 0.251 e. The van der Waals surface area contributed by atoms with Crippen LogP contribution < -0.4 is 10.6 Å². The van der Waals surface area contributed by atoms with E-state index in [-0.39, 0.29) is 23.6 Å². The minimum absolute atomic E-state index is 0.0422. The summed E-state index contributed by atoms with van der Waals surface area (Å²) in [7, 11) is 0. The molecule has 106 valence electrons. The molecule has 2 aliphatic heterocycles. The zero-order valence-electron chi connectivity index (χ0n) is 10.8. The predicted molar refractivity (Wildman–Crippen MR) is 66.3 cm³/mol. The van der Waals surface area contributed by atoms with Gasteiger partial charge in [0.05, 0.1) is 5.69 Å². The summed E-state index contributed by atoms with van der Waals surface area (Å²) >= 11 is 0. The second-order valence-corrected chi connectivity index (χ2v) is 5.14. The molecule has 3 heterocycles. The van der Waals surface area contributed by atoms with Gasteiger partial charge in [-0.1, -0.05) is 5.21 Å². The van der Waals surface area contributed by atoms with E-state index < -0.39 is 6.04 Å². The quantitative estimate of drug-likeness (QED) is 0.685. The monoisotopic (exact) mass is 277 g/mol. The molecule has 3 amide bonds. The fraction of sp³-hybridized carbons (Fsp3) is 0.583. The molecule has 2 atom stereocenters. The van der Waals surface area contributed by atoms with Gasteiger partial charge >= 0.3 is 0 Å². The zero-order valence-corrected chi connectivity index (χ0v) is 10.8. The van der Waals surface area contributed by atoms with Gasteiger partial charge in [0.15, 0.2) is 0 Å². The molecule has 2 fully saturated rings. The smallest absolute Gasteiger partial charge is 0.251 e. The average Bonchev–Trinajstić information content (AvgIpc) is 3.00. The lowest BCUT2D eigenvalue weighted by atomic mass is 10.0. The van der Waals surface area contributed by atoms with Crippen molar-refractivity contribution in [3.8, 4) is 0 Å².